The van der Waals surface area contributed by atoms with Crippen LogP contribution >= 0.6 is 0 Å². The number of nitrogens with two attached hydrogens (primary N) is 1. The number of aromatic nitrogens is 2. The zero-order valence-electron chi connectivity index (χ0n) is 9.95. The summed E-state index contributed by atoms with van der Waals surface area (Å²) in [6.45, 7) is 2.21. The molecule has 2 aromatic rings. The molecule has 1 aromatic heterocycles. The van der Waals surface area contributed by atoms with E-state index in [1.165, 1.54) is 25.7 Å². The van der Waals surface area contributed by atoms with E-state index < -0.39 is 0 Å². The van der Waals surface area contributed by atoms with Crippen molar-refractivity contribution in [3.8, 4) is 0 Å². The van der Waals surface area contributed by atoms with Gasteiger partial charge in [0.15, 0.2) is 0 Å². The first kappa shape index (κ1) is 10.4. The minimum absolute atomic E-state index is 0.781. The number of benzene rings is 1. The fraction of sp³-hybridized carbons (Fsp3) is 0.462. The summed E-state index contributed by atoms with van der Waals surface area (Å²) < 4.78 is 0. The Balaban J connectivity index is 1.93. The van der Waals surface area contributed by atoms with E-state index in [0.717, 1.165) is 35.8 Å². The molecule has 0 saturated carbocycles. The first-order chi connectivity index (χ1) is 8.33. The molecular weight excluding hydrogens is 212 g/mol. The van der Waals surface area contributed by atoms with Gasteiger partial charge in [0.1, 0.15) is 0 Å². The van der Waals surface area contributed by atoms with Crippen LogP contribution in [-0.2, 0) is 0 Å². The number of nitrogens with one attached hydrogen (secondary N) is 1. The largest absolute Gasteiger partial charge is 0.399 e. The van der Waals surface area contributed by atoms with Gasteiger partial charge in [0.25, 0.3) is 0 Å². The fourth-order valence-electron chi connectivity index (χ4n) is 2.45. The van der Waals surface area contributed by atoms with Gasteiger partial charge in [-0.25, -0.2) is 4.98 Å². The molecule has 3 N–H and O–H groups in total. The van der Waals surface area contributed by atoms with Crippen LogP contribution < -0.4 is 10.6 Å². The molecule has 1 aliphatic rings. The summed E-state index contributed by atoms with van der Waals surface area (Å²) in [5.41, 5.74) is 8.59. The second kappa shape index (κ2) is 4.28. The quantitative estimate of drug-likeness (QED) is 0.740. The van der Waals surface area contributed by atoms with Gasteiger partial charge in [0.05, 0.1) is 11.0 Å². The van der Waals surface area contributed by atoms with Crippen molar-refractivity contribution < 1.29 is 0 Å². The number of anilines is 2. The molecule has 4 heteroatoms. The first-order valence-electron chi connectivity index (χ1n) is 6.33. The normalized spacial score (nSPS) is 17.3. The molecule has 1 fully saturated rings. The Morgan fingerprint density at radius 3 is 2.65 bits per heavy atom. The van der Waals surface area contributed by atoms with Crippen molar-refractivity contribution in [2.75, 3.05) is 23.7 Å². The minimum atomic E-state index is 0.781. The number of aromatic amines is 1. The standard InChI is InChI=1S/C13H18N4/c14-10-5-6-11-12(9-10)16-13(15-11)17-7-3-1-2-4-8-17/h5-6,9H,1-4,7-8,14H2,(H,15,16). The zero-order valence-corrected chi connectivity index (χ0v) is 9.95. The topological polar surface area (TPSA) is 57.9 Å². The van der Waals surface area contributed by atoms with E-state index in [2.05, 4.69) is 14.9 Å². The Kier molecular flexibility index (Phi) is 2.63. The number of imidazole rings is 1. The molecule has 1 aliphatic heterocycles. The Hall–Kier alpha value is -1.71. The first-order valence-corrected chi connectivity index (χ1v) is 6.33. The van der Waals surface area contributed by atoms with Crippen LogP contribution in [0, 0.1) is 0 Å². The van der Waals surface area contributed by atoms with E-state index in [9.17, 15) is 0 Å². The number of H-pyrrole nitrogens is 1. The van der Waals surface area contributed by atoms with Crippen LogP contribution in [0.3, 0.4) is 0 Å². The molecule has 17 heavy (non-hydrogen) atoms. The molecule has 1 aromatic carbocycles. The predicted molar refractivity (Wildman–Crippen MR) is 71.2 cm³/mol. The van der Waals surface area contributed by atoms with Crippen molar-refractivity contribution in [2.45, 2.75) is 25.7 Å². The van der Waals surface area contributed by atoms with E-state index in [0.29, 0.717) is 0 Å². The maximum Gasteiger partial charge on any atom is 0.203 e. The second-order valence-electron chi connectivity index (χ2n) is 4.74. The predicted octanol–water partition coefficient (Wildman–Crippen LogP) is 2.53. The fourth-order valence-corrected chi connectivity index (χ4v) is 2.45. The van der Waals surface area contributed by atoms with Crippen LogP contribution in [0.2, 0.25) is 0 Å². The number of fused-ring (bicyclic) bond motifs is 1. The molecule has 2 heterocycles. The van der Waals surface area contributed by atoms with Crippen LogP contribution in [0.25, 0.3) is 11.0 Å². The Labute approximate surface area is 101 Å². The highest BCUT2D eigenvalue weighted by Crippen LogP contribution is 2.21. The van der Waals surface area contributed by atoms with Crippen LogP contribution in [-0.4, -0.2) is 23.1 Å². The van der Waals surface area contributed by atoms with E-state index in [1.807, 2.05) is 18.2 Å². The molecule has 4 nitrogen and oxygen atoms in total. The third-order valence-corrected chi connectivity index (χ3v) is 3.40. The van der Waals surface area contributed by atoms with Crippen molar-refractivity contribution in [1.82, 2.24) is 9.97 Å². The van der Waals surface area contributed by atoms with Crippen molar-refractivity contribution in [2.24, 2.45) is 0 Å². The van der Waals surface area contributed by atoms with E-state index in [-0.39, 0.29) is 0 Å². The number of hydrogen-bond donors (Lipinski definition) is 2. The molecule has 90 valence electrons. The van der Waals surface area contributed by atoms with E-state index >= 15 is 0 Å². The van der Waals surface area contributed by atoms with Gasteiger partial charge in [0.2, 0.25) is 5.95 Å². The van der Waals surface area contributed by atoms with E-state index in [4.69, 9.17) is 5.73 Å². The van der Waals surface area contributed by atoms with Gasteiger partial charge < -0.3 is 15.6 Å². The summed E-state index contributed by atoms with van der Waals surface area (Å²) >= 11 is 0. The monoisotopic (exact) mass is 230 g/mol. The van der Waals surface area contributed by atoms with Crippen molar-refractivity contribution in [3.05, 3.63) is 18.2 Å². The smallest absolute Gasteiger partial charge is 0.203 e. The SMILES string of the molecule is Nc1ccc2nc(N3CCCCCC3)[nH]c2c1. The Morgan fingerprint density at radius 1 is 1.12 bits per heavy atom. The van der Waals surface area contributed by atoms with Crippen LogP contribution in [0.5, 0.6) is 0 Å². The van der Waals surface area contributed by atoms with Gasteiger partial charge >= 0.3 is 0 Å². The third-order valence-electron chi connectivity index (χ3n) is 3.40. The lowest BCUT2D eigenvalue weighted by Gasteiger charge is -2.18. The molecule has 0 atom stereocenters. The van der Waals surface area contributed by atoms with E-state index in [1.54, 1.807) is 0 Å². The lowest BCUT2D eigenvalue weighted by molar-refractivity contribution is 0.726. The minimum Gasteiger partial charge on any atom is -0.399 e. The summed E-state index contributed by atoms with van der Waals surface area (Å²) in [5.74, 6) is 0.993. The summed E-state index contributed by atoms with van der Waals surface area (Å²) in [6.07, 6.45) is 5.20. The molecule has 1 saturated heterocycles. The molecular formula is C13H18N4. The van der Waals surface area contributed by atoms with Crippen molar-refractivity contribution in [1.29, 1.82) is 0 Å². The maximum absolute atomic E-state index is 5.78. The molecule has 0 spiro atoms. The maximum atomic E-state index is 5.78. The van der Waals surface area contributed by atoms with Gasteiger partial charge in [-0.3, -0.25) is 0 Å². The van der Waals surface area contributed by atoms with Crippen LogP contribution in [0.4, 0.5) is 11.6 Å². The number of rotatable bonds is 1. The summed E-state index contributed by atoms with van der Waals surface area (Å²) in [7, 11) is 0. The van der Waals surface area contributed by atoms with Gasteiger partial charge in [-0.15, -0.1) is 0 Å². The molecule has 3 rings (SSSR count). The number of hydrogen-bond acceptors (Lipinski definition) is 3. The molecule has 0 radical (unpaired) electrons. The lowest BCUT2D eigenvalue weighted by atomic mass is 10.2. The van der Waals surface area contributed by atoms with Gasteiger partial charge in [0, 0.05) is 18.8 Å². The highest BCUT2D eigenvalue weighted by Gasteiger charge is 2.13. The van der Waals surface area contributed by atoms with Crippen molar-refractivity contribution in [3.63, 3.8) is 0 Å². The summed E-state index contributed by atoms with van der Waals surface area (Å²) in [4.78, 5) is 10.4. The van der Waals surface area contributed by atoms with Gasteiger partial charge in [-0.2, -0.15) is 0 Å². The molecule has 0 bridgehead atoms. The highest BCUT2D eigenvalue weighted by molar-refractivity contribution is 5.80. The molecule has 0 aliphatic carbocycles. The summed E-state index contributed by atoms with van der Waals surface area (Å²) in [5, 5.41) is 0. The highest BCUT2D eigenvalue weighted by atomic mass is 15.3. The zero-order chi connectivity index (χ0) is 11.7. The average Bonchev–Trinajstić information content (AvgIpc) is 2.57. The number of nitrogens with zero attached hydrogens (tertiary/aromatic N) is 2. The molecule has 0 amide bonds. The van der Waals surface area contributed by atoms with Crippen LogP contribution in [0.15, 0.2) is 18.2 Å². The summed E-state index contributed by atoms with van der Waals surface area (Å²) in [6, 6.07) is 5.82. The lowest BCUT2D eigenvalue weighted by Crippen LogP contribution is -2.24. The van der Waals surface area contributed by atoms with Crippen molar-refractivity contribution >= 4 is 22.7 Å². The van der Waals surface area contributed by atoms with Gasteiger partial charge in [-0.1, -0.05) is 12.8 Å². The second-order valence-corrected chi connectivity index (χ2v) is 4.74. The Bertz CT molecular complexity index is 509. The third kappa shape index (κ3) is 2.07. The molecule has 0 unspecified atom stereocenters. The number of nitrogen functional groups attached to an aromatic ring is 1. The average molecular weight is 230 g/mol. The van der Waals surface area contributed by atoms with Crippen LogP contribution in [0.1, 0.15) is 25.7 Å². The Morgan fingerprint density at radius 2 is 1.88 bits per heavy atom. The van der Waals surface area contributed by atoms with Gasteiger partial charge in [-0.05, 0) is 31.0 Å².